The molecule has 0 spiro atoms. The molecular formula is C15H12ClN3OS. The molecule has 0 saturated carbocycles. The van der Waals surface area contributed by atoms with Crippen LogP contribution in [0.2, 0.25) is 5.15 Å². The van der Waals surface area contributed by atoms with E-state index in [-0.39, 0.29) is 0 Å². The molecule has 0 unspecified atom stereocenters. The molecule has 2 aromatic heterocycles. The molecule has 4 nitrogen and oxygen atoms in total. The molecule has 0 fully saturated rings. The minimum absolute atomic E-state index is 0.391. The second-order valence-corrected chi connectivity index (χ2v) is 5.88. The number of benzene rings is 1. The Morgan fingerprint density at radius 3 is 2.62 bits per heavy atom. The number of hydrogen-bond donors (Lipinski definition) is 0. The first-order chi connectivity index (χ1) is 10.2. The van der Waals surface area contributed by atoms with Gasteiger partial charge in [-0.15, -0.1) is 10.2 Å². The van der Waals surface area contributed by atoms with Gasteiger partial charge in [-0.1, -0.05) is 41.1 Å². The molecule has 0 radical (unpaired) electrons. The summed E-state index contributed by atoms with van der Waals surface area (Å²) in [5.74, 6) is 1.30. The van der Waals surface area contributed by atoms with Crippen molar-refractivity contribution in [2.75, 3.05) is 0 Å². The van der Waals surface area contributed by atoms with Crippen LogP contribution in [-0.2, 0) is 5.75 Å². The van der Waals surface area contributed by atoms with Gasteiger partial charge in [0.15, 0.2) is 5.15 Å². The average Bonchev–Trinajstić information content (AvgIpc) is 2.96. The number of rotatable bonds is 4. The fourth-order valence-corrected chi connectivity index (χ4v) is 2.52. The SMILES string of the molecule is Cc1ccc(-c2nc(CSc3ccc(Cl)nn3)co2)cc1. The number of thioether (sulfide) groups is 1. The first kappa shape index (κ1) is 14.1. The third-order valence-electron chi connectivity index (χ3n) is 2.83. The molecule has 1 aromatic carbocycles. The molecule has 0 aliphatic rings. The Labute approximate surface area is 131 Å². The lowest BCUT2D eigenvalue weighted by Gasteiger charge is -1.97. The first-order valence-corrected chi connectivity index (χ1v) is 7.70. The van der Waals surface area contributed by atoms with Crippen molar-refractivity contribution in [1.29, 1.82) is 0 Å². The van der Waals surface area contributed by atoms with E-state index in [2.05, 4.69) is 22.1 Å². The van der Waals surface area contributed by atoms with Crippen molar-refractivity contribution >= 4 is 23.4 Å². The van der Waals surface area contributed by atoms with Gasteiger partial charge in [-0.05, 0) is 31.2 Å². The summed E-state index contributed by atoms with van der Waals surface area (Å²) in [6.45, 7) is 2.05. The van der Waals surface area contributed by atoms with Gasteiger partial charge in [0.2, 0.25) is 5.89 Å². The summed E-state index contributed by atoms with van der Waals surface area (Å²) < 4.78 is 5.52. The molecule has 0 saturated heterocycles. The number of nitrogens with zero attached hydrogens (tertiary/aromatic N) is 3. The molecule has 0 N–H and O–H groups in total. The second-order valence-electron chi connectivity index (χ2n) is 4.49. The summed E-state index contributed by atoms with van der Waals surface area (Å²) in [5.41, 5.74) is 3.05. The predicted octanol–water partition coefficient (Wildman–Crippen LogP) is 4.39. The predicted molar refractivity (Wildman–Crippen MR) is 83.3 cm³/mol. The standard InChI is InChI=1S/C15H12ClN3OS/c1-10-2-4-11(5-3-10)15-17-12(8-20-15)9-21-14-7-6-13(16)18-19-14/h2-8H,9H2,1H3. The highest BCUT2D eigenvalue weighted by Crippen LogP contribution is 2.24. The summed E-state index contributed by atoms with van der Waals surface area (Å²) in [6, 6.07) is 11.6. The van der Waals surface area contributed by atoms with Crippen LogP contribution in [0, 0.1) is 6.92 Å². The highest BCUT2D eigenvalue weighted by molar-refractivity contribution is 7.98. The molecule has 6 heteroatoms. The summed E-state index contributed by atoms with van der Waals surface area (Å²) >= 11 is 7.24. The van der Waals surface area contributed by atoms with Gasteiger partial charge >= 0.3 is 0 Å². The van der Waals surface area contributed by atoms with E-state index in [0.29, 0.717) is 16.8 Å². The maximum Gasteiger partial charge on any atom is 0.226 e. The van der Waals surface area contributed by atoms with Crippen LogP contribution in [0.4, 0.5) is 0 Å². The fraction of sp³-hybridized carbons (Fsp3) is 0.133. The number of aromatic nitrogens is 3. The van der Waals surface area contributed by atoms with E-state index in [4.69, 9.17) is 16.0 Å². The quantitative estimate of drug-likeness (QED) is 0.668. The number of oxazole rings is 1. The highest BCUT2D eigenvalue weighted by Gasteiger charge is 2.07. The Kier molecular flexibility index (Phi) is 4.22. The van der Waals surface area contributed by atoms with Gasteiger partial charge < -0.3 is 4.42 Å². The lowest BCUT2D eigenvalue weighted by atomic mass is 10.1. The average molecular weight is 318 g/mol. The molecule has 0 aliphatic heterocycles. The van der Waals surface area contributed by atoms with Crippen LogP contribution in [0.1, 0.15) is 11.3 Å². The van der Waals surface area contributed by atoms with Crippen LogP contribution < -0.4 is 0 Å². The van der Waals surface area contributed by atoms with Gasteiger partial charge in [-0.2, -0.15) is 0 Å². The van der Waals surface area contributed by atoms with Crippen LogP contribution in [0.25, 0.3) is 11.5 Å². The Morgan fingerprint density at radius 2 is 1.90 bits per heavy atom. The van der Waals surface area contributed by atoms with Crippen molar-refractivity contribution in [3.8, 4) is 11.5 Å². The Hall–Kier alpha value is -1.85. The van der Waals surface area contributed by atoms with Crippen LogP contribution >= 0.6 is 23.4 Å². The van der Waals surface area contributed by atoms with Gasteiger partial charge in [0, 0.05) is 11.3 Å². The topological polar surface area (TPSA) is 51.8 Å². The lowest BCUT2D eigenvalue weighted by Crippen LogP contribution is -1.87. The molecule has 0 atom stereocenters. The van der Waals surface area contributed by atoms with E-state index < -0.39 is 0 Å². The minimum atomic E-state index is 0.391. The molecule has 3 aromatic rings. The smallest absolute Gasteiger partial charge is 0.226 e. The van der Waals surface area contributed by atoms with Gasteiger partial charge in [-0.3, -0.25) is 0 Å². The maximum atomic E-state index is 5.70. The Balaban J connectivity index is 1.67. The normalized spacial score (nSPS) is 10.8. The van der Waals surface area contributed by atoms with Crippen LogP contribution in [0.3, 0.4) is 0 Å². The van der Waals surface area contributed by atoms with Gasteiger partial charge in [0.05, 0.1) is 5.69 Å². The third kappa shape index (κ3) is 3.62. The van der Waals surface area contributed by atoms with E-state index in [1.165, 1.54) is 17.3 Å². The number of hydrogen-bond acceptors (Lipinski definition) is 5. The van der Waals surface area contributed by atoms with Gasteiger partial charge in [-0.25, -0.2) is 4.98 Å². The van der Waals surface area contributed by atoms with E-state index in [9.17, 15) is 0 Å². The molecular weight excluding hydrogens is 306 g/mol. The zero-order chi connectivity index (χ0) is 14.7. The Morgan fingerprint density at radius 1 is 1.10 bits per heavy atom. The molecule has 0 bridgehead atoms. The minimum Gasteiger partial charge on any atom is -0.444 e. The lowest BCUT2D eigenvalue weighted by molar-refractivity contribution is 0.573. The molecule has 0 aliphatic carbocycles. The third-order valence-corrected chi connectivity index (χ3v) is 3.98. The van der Waals surface area contributed by atoms with Crippen molar-refractivity contribution in [2.24, 2.45) is 0 Å². The van der Waals surface area contributed by atoms with Crippen molar-refractivity contribution in [3.05, 3.63) is 59.1 Å². The maximum absolute atomic E-state index is 5.70. The second kappa shape index (κ2) is 6.28. The van der Waals surface area contributed by atoms with E-state index >= 15 is 0 Å². The summed E-state index contributed by atoms with van der Waals surface area (Å²) in [5, 5.41) is 8.99. The monoisotopic (exact) mass is 317 g/mol. The zero-order valence-electron chi connectivity index (χ0n) is 11.3. The molecule has 0 amide bonds. The van der Waals surface area contributed by atoms with Crippen molar-refractivity contribution < 1.29 is 4.42 Å². The summed E-state index contributed by atoms with van der Waals surface area (Å²) in [6.07, 6.45) is 1.67. The fourth-order valence-electron chi connectivity index (χ4n) is 1.73. The van der Waals surface area contributed by atoms with Crippen LogP contribution in [0.5, 0.6) is 0 Å². The largest absolute Gasteiger partial charge is 0.444 e. The highest BCUT2D eigenvalue weighted by atomic mass is 35.5. The summed E-state index contributed by atoms with van der Waals surface area (Å²) in [7, 11) is 0. The molecule has 2 heterocycles. The molecule has 3 rings (SSSR count). The van der Waals surface area contributed by atoms with Crippen molar-refractivity contribution in [3.63, 3.8) is 0 Å². The molecule has 106 valence electrons. The number of halogens is 1. The Bertz CT molecular complexity index is 725. The first-order valence-electron chi connectivity index (χ1n) is 6.34. The van der Waals surface area contributed by atoms with Crippen LogP contribution in [-0.4, -0.2) is 15.2 Å². The van der Waals surface area contributed by atoms with Gasteiger partial charge in [0.1, 0.15) is 11.3 Å². The zero-order valence-corrected chi connectivity index (χ0v) is 12.9. The summed E-state index contributed by atoms with van der Waals surface area (Å²) in [4.78, 5) is 4.48. The van der Waals surface area contributed by atoms with Crippen LogP contribution in [0.15, 0.2) is 52.1 Å². The van der Waals surface area contributed by atoms with Gasteiger partial charge in [0.25, 0.3) is 0 Å². The van der Waals surface area contributed by atoms with E-state index in [1.54, 1.807) is 12.3 Å². The molecule has 21 heavy (non-hydrogen) atoms. The number of aryl methyl sites for hydroxylation is 1. The van der Waals surface area contributed by atoms with Crippen molar-refractivity contribution in [2.45, 2.75) is 17.7 Å². The van der Waals surface area contributed by atoms with E-state index in [0.717, 1.165) is 16.3 Å². The van der Waals surface area contributed by atoms with E-state index in [1.807, 2.05) is 30.3 Å². The van der Waals surface area contributed by atoms with Crippen molar-refractivity contribution in [1.82, 2.24) is 15.2 Å².